The molecule has 0 amide bonds. The maximum absolute atomic E-state index is 6.34. The van der Waals surface area contributed by atoms with Gasteiger partial charge in [-0.2, -0.15) is 0 Å². The van der Waals surface area contributed by atoms with E-state index in [-0.39, 0.29) is 6.04 Å². The predicted octanol–water partition coefficient (Wildman–Crippen LogP) is 4.29. The van der Waals surface area contributed by atoms with Crippen LogP contribution in [-0.4, -0.2) is 13.2 Å². The molecular weight excluding hydrogens is 330 g/mol. The van der Waals surface area contributed by atoms with Crippen molar-refractivity contribution in [2.24, 2.45) is 5.73 Å². The van der Waals surface area contributed by atoms with Crippen LogP contribution >= 0.6 is 15.9 Å². The lowest BCUT2D eigenvalue weighted by Crippen LogP contribution is -2.12. The van der Waals surface area contributed by atoms with E-state index in [1.165, 1.54) is 0 Å². The minimum absolute atomic E-state index is 0.187. The van der Waals surface area contributed by atoms with Crippen LogP contribution < -0.4 is 15.2 Å². The number of nitrogens with two attached hydrogens (primary N) is 1. The van der Waals surface area contributed by atoms with E-state index in [2.05, 4.69) is 15.9 Å². The molecule has 0 aromatic heterocycles. The zero-order chi connectivity index (χ0) is 15.2. The van der Waals surface area contributed by atoms with Crippen molar-refractivity contribution in [3.8, 4) is 11.5 Å². The fraction of sp³-hybridized carbons (Fsp3) is 0.294. The maximum atomic E-state index is 6.34. The van der Waals surface area contributed by atoms with E-state index in [1.54, 1.807) is 0 Å². The van der Waals surface area contributed by atoms with Crippen molar-refractivity contribution in [2.45, 2.75) is 19.9 Å². The van der Waals surface area contributed by atoms with Crippen LogP contribution in [0.15, 0.2) is 46.9 Å². The molecule has 2 rings (SSSR count). The third kappa shape index (κ3) is 3.99. The van der Waals surface area contributed by atoms with Gasteiger partial charge in [0.1, 0.15) is 0 Å². The fourth-order valence-corrected chi connectivity index (χ4v) is 2.39. The number of hydrogen-bond donors (Lipinski definition) is 1. The first-order chi connectivity index (χ1) is 10.2. The van der Waals surface area contributed by atoms with Gasteiger partial charge >= 0.3 is 0 Å². The summed E-state index contributed by atoms with van der Waals surface area (Å²) in [5.41, 5.74) is 8.41. The Kier molecular flexibility index (Phi) is 5.65. The number of rotatable bonds is 6. The van der Waals surface area contributed by atoms with Crippen molar-refractivity contribution >= 4 is 15.9 Å². The standard InChI is InChI=1S/C17H20BrNO2/c1-3-20-15-10-7-13(11-16(15)21-4-2)17(19)12-5-8-14(18)9-6-12/h5-11,17H,3-4,19H2,1-2H3. The second-order valence-electron chi connectivity index (χ2n) is 4.60. The smallest absolute Gasteiger partial charge is 0.161 e. The SMILES string of the molecule is CCOc1ccc(C(N)c2ccc(Br)cc2)cc1OCC. The van der Waals surface area contributed by atoms with Gasteiger partial charge in [0.05, 0.1) is 19.3 Å². The second-order valence-corrected chi connectivity index (χ2v) is 5.52. The molecule has 0 radical (unpaired) electrons. The van der Waals surface area contributed by atoms with E-state index in [0.29, 0.717) is 13.2 Å². The summed E-state index contributed by atoms with van der Waals surface area (Å²) in [6.45, 7) is 5.11. The molecule has 0 bridgehead atoms. The highest BCUT2D eigenvalue weighted by molar-refractivity contribution is 9.10. The number of halogens is 1. The Morgan fingerprint density at radius 2 is 1.48 bits per heavy atom. The molecule has 0 fully saturated rings. The average molecular weight is 350 g/mol. The Morgan fingerprint density at radius 1 is 0.905 bits per heavy atom. The van der Waals surface area contributed by atoms with Gasteiger partial charge in [0.2, 0.25) is 0 Å². The van der Waals surface area contributed by atoms with Gasteiger partial charge in [-0.3, -0.25) is 0 Å². The van der Waals surface area contributed by atoms with Crippen LogP contribution in [0.5, 0.6) is 11.5 Å². The van der Waals surface area contributed by atoms with Crippen molar-refractivity contribution in [1.82, 2.24) is 0 Å². The molecule has 1 unspecified atom stereocenters. The van der Waals surface area contributed by atoms with Crippen molar-refractivity contribution < 1.29 is 9.47 Å². The van der Waals surface area contributed by atoms with Crippen molar-refractivity contribution in [1.29, 1.82) is 0 Å². The van der Waals surface area contributed by atoms with Gasteiger partial charge in [-0.1, -0.05) is 34.1 Å². The molecular formula is C17H20BrNO2. The van der Waals surface area contributed by atoms with Crippen molar-refractivity contribution in [3.63, 3.8) is 0 Å². The van der Waals surface area contributed by atoms with Crippen LogP contribution in [0.2, 0.25) is 0 Å². The summed E-state index contributed by atoms with van der Waals surface area (Å²) < 4.78 is 12.3. The zero-order valence-electron chi connectivity index (χ0n) is 12.3. The van der Waals surface area contributed by atoms with Crippen LogP contribution in [0.1, 0.15) is 31.0 Å². The summed E-state index contributed by atoms with van der Waals surface area (Å²) >= 11 is 3.43. The van der Waals surface area contributed by atoms with Gasteiger partial charge < -0.3 is 15.2 Å². The third-order valence-electron chi connectivity index (χ3n) is 3.16. The molecule has 0 saturated carbocycles. The van der Waals surface area contributed by atoms with Crippen LogP contribution in [0.25, 0.3) is 0 Å². The molecule has 0 aliphatic carbocycles. The molecule has 2 N–H and O–H groups in total. The van der Waals surface area contributed by atoms with Gasteiger partial charge in [0.25, 0.3) is 0 Å². The molecule has 3 nitrogen and oxygen atoms in total. The van der Waals surface area contributed by atoms with Gasteiger partial charge in [-0.25, -0.2) is 0 Å². The number of benzene rings is 2. The first kappa shape index (κ1) is 15.9. The maximum Gasteiger partial charge on any atom is 0.161 e. The molecule has 0 heterocycles. The van der Waals surface area contributed by atoms with Gasteiger partial charge in [0.15, 0.2) is 11.5 Å². The molecule has 0 aliphatic heterocycles. The molecule has 2 aromatic carbocycles. The summed E-state index contributed by atoms with van der Waals surface area (Å²) in [5.74, 6) is 1.50. The zero-order valence-corrected chi connectivity index (χ0v) is 13.9. The lowest BCUT2D eigenvalue weighted by Gasteiger charge is -2.16. The molecule has 0 saturated heterocycles. The van der Waals surface area contributed by atoms with Crippen LogP contribution in [0, 0.1) is 0 Å². The monoisotopic (exact) mass is 349 g/mol. The summed E-state index contributed by atoms with van der Waals surface area (Å²) in [4.78, 5) is 0. The molecule has 112 valence electrons. The molecule has 0 spiro atoms. The van der Waals surface area contributed by atoms with Crippen molar-refractivity contribution in [3.05, 3.63) is 58.1 Å². The highest BCUT2D eigenvalue weighted by Crippen LogP contribution is 2.32. The minimum Gasteiger partial charge on any atom is -0.490 e. The lowest BCUT2D eigenvalue weighted by atomic mass is 9.99. The largest absolute Gasteiger partial charge is 0.490 e. The Bertz CT molecular complexity index is 584. The van der Waals surface area contributed by atoms with Crippen LogP contribution in [0.3, 0.4) is 0 Å². The van der Waals surface area contributed by atoms with E-state index in [1.807, 2.05) is 56.3 Å². The average Bonchev–Trinajstić information content (AvgIpc) is 2.49. The Hall–Kier alpha value is -1.52. The quantitative estimate of drug-likeness (QED) is 0.845. The Labute approximate surface area is 134 Å². The molecule has 21 heavy (non-hydrogen) atoms. The first-order valence-electron chi connectivity index (χ1n) is 7.06. The fourth-order valence-electron chi connectivity index (χ4n) is 2.12. The summed E-state index contributed by atoms with van der Waals surface area (Å²) in [5, 5.41) is 0. The number of hydrogen-bond acceptors (Lipinski definition) is 3. The van der Waals surface area contributed by atoms with E-state index >= 15 is 0 Å². The lowest BCUT2D eigenvalue weighted by molar-refractivity contribution is 0.287. The topological polar surface area (TPSA) is 44.5 Å². The van der Waals surface area contributed by atoms with Crippen molar-refractivity contribution in [2.75, 3.05) is 13.2 Å². The molecule has 1 atom stereocenters. The minimum atomic E-state index is -0.187. The van der Waals surface area contributed by atoms with Crippen LogP contribution in [0.4, 0.5) is 0 Å². The highest BCUT2D eigenvalue weighted by Gasteiger charge is 2.13. The van der Waals surface area contributed by atoms with Crippen LogP contribution in [-0.2, 0) is 0 Å². The van der Waals surface area contributed by atoms with E-state index in [9.17, 15) is 0 Å². The van der Waals surface area contributed by atoms with Gasteiger partial charge in [-0.05, 0) is 49.2 Å². The molecule has 4 heteroatoms. The second kappa shape index (κ2) is 7.48. The van der Waals surface area contributed by atoms with E-state index in [0.717, 1.165) is 27.1 Å². The highest BCUT2D eigenvalue weighted by atomic mass is 79.9. The van der Waals surface area contributed by atoms with E-state index in [4.69, 9.17) is 15.2 Å². The Morgan fingerprint density at radius 3 is 2.10 bits per heavy atom. The van der Waals surface area contributed by atoms with E-state index < -0.39 is 0 Å². The van der Waals surface area contributed by atoms with Gasteiger partial charge in [-0.15, -0.1) is 0 Å². The first-order valence-corrected chi connectivity index (χ1v) is 7.85. The normalized spacial score (nSPS) is 12.0. The molecule has 0 aliphatic rings. The summed E-state index contributed by atoms with van der Waals surface area (Å²) in [6, 6.07) is 13.7. The predicted molar refractivity (Wildman–Crippen MR) is 89.0 cm³/mol. The number of ether oxygens (including phenoxy) is 2. The third-order valence-corrected chi connectivity index (χ3v) is 3.68. The summed E-state index contributed by atoms with van der Waals surface area (Å²) in [7, 11) is 0. The Balaban J connectivity index is 2.30. The molecule has 2 aromatic rings. The van der Waals surface area contributed by atoms with Gasteiger partial charge in [0, 0.05) is 4.47 Å². The summed E-state index contributed by atoms with van der Waals surface area (Å²) in [6.07, 6.45) is 0.